The molecule has 1 heterocycles. The van der Waals surface area contributed by atoms with Crippen LogP contribution in [0, 0.1) is 0 Å². The Kier molecular flexibility index (Phi) is 11.5. The minimum absolute atomic E-state index is 0.0206. The van der Waals surface area contributed by atoms with Crippen LogP contribution in [-0.2, 0) is 19.1 Å². The molecule has 34 heavy (non-hydrogen) atoms. The topological polar surface area (TPSA) is 95.9 Å². The Balaban J connectivity index is 0.000000945. The molecule has 1 saturated heterocycles. The monoisotopic (exact) mass is 466 g/mol. The summed E-state index contributed by atoms with van der Waals surface area (Å²) in [5.74, 6) is -0.816. The summed E-state index contributed by atoms with van der Waals surface area (Å²) in [5, 5.41) is 10.6. The minimum Gasteiger partial charge on any atom is -0.481 e. The number of carboxylic acid groups (broad SMARTS) is 1. The van der Waals surface area contributed by atoms with Gasteiger partial charge in [0.15, 0.2) is 0 Å². The van der Waals surface area contributed by atoms with Crippen LogP contribution in [0.2, 0.25) is 0 Å². The number of amides is 1. The maximum absolute atomic E-state index is 12.6. The van der Waals surface area contributed by atoms with E-state index in [0.717, 1.165) is 45.0 Å². The molecule has 0 unspecified atom stereocenters. The van der Waals surface area contributed by atoms with Crippen LogP contribution in [0.15, 0.2) is 66.7 Å². The van der Waals surface area contributed by atoms with Crippen molar-refractivity contribution in [1.82, 2.24) is 10.2 Å². The fourth-order valence-electron chi connectivity index (χ4n) is 3.98. The molecule has 1 fully saturated rings. The molecule has 1 aliphatic heterocycles. The fraction of sp³-hybridized carbons (Fsp3) is 0.370. The van der Waals surface area contributed by atoms with Crippen LogP contribution < -0.4 is 5.32 Å². The van der Waals surface area contributed by atoms with Crippen molar-refractivity contribution in [2.45, 2.75) is 38.1 Å². The fourth-order valence-corrected chi connectivity index (χ4v) is 3.98. The zero-order chi connectivity index (χ0) is 24.8. The molecule has 0 radical (unpaired) electrons. The summed E-state index contributed by atoms with van der Waals surface area (Å²) in [5.41, 5.74) is 2.25. The molecule has 0 aliphatic carbocycles. The number of hydrogen-bond acceptors (Lipinski definition) is 5. The van der Waals surface area contributed by atoms with E-state index in [2.05, 4.69) is 22.3 Å². The molecule has 2 atom stereocenters. The van der Waals surface area contributed by atoms with E-state index < -0.39 is 5.97 Å². The highest BCUT2D eigenvalue weighted by molar-refractivity contribution is 5.92. The predicted octanol–water partition coefficient (Wildman–Crippen LogP) is 3.72. The molecule has 0 saturated carbocycles. The Morgan fingerprint density at radius 2 is 1.71 bits per heavy atom. The summed E-state index contributed by atoms with van der Waals surface area (Å²) >= 11 is 0. The molecule has 2 aromatic carbocycles. The molecule has 2 N–H and O–H groups in total. The van der Waals surface area contributed by atoms with Gasteiger partial charge in [0.25, 0.3) is 5.97 Å². The van der Waals surface area contributed by atoms with Crippen LogP contribution in [0.5, 0.6) is 0 Å². The SMILES string of the molecule is CC(=O)O.COC(=O)CCCN1CC[C@@H](c2ccccc2)[C@H](NC(=O)/C=C/c2ccccc2)C1. The molecule has 3 rings (SSSR count). The molecular formula is C27H34N2O5. The lowest BCUT2D eigenvalue weighted by atomic mass is 9.85. The Bertz CT molecular complexity index is 927. The largest absolute Gasteiger partial charge is 0.481 e. The van der Waals surface area contributed by atoms with Gasteiger partial charge in [0.05, 0.1) is 7.11 Å². The normalized spacial score (nSPS) is 17.9. The van der Waals surface area contributed by atoms with Crippen molar-refractivity contribution in [3.63, 3.8) is 0 Å². The molecule has 2 aromatic rings. The Labute approximate surface area is 201 Å². The number of piperidine rings is 1. The second kappa shape index (κ2) is 14.6. The number of carbonyl (C=O) groups is 3. The van der Waals surface area contributed by atoms with Gasteiger partial charge in [-0.2, -0.15) is 0 Å². The maximum Gasteiger partial charge on any atom is 0.305 e. The third kappa shape index (κ3) is 10.0. The lowest BCUT2D eigenvalue weighted by Crippen LogP contribution is -2.51. The van der Waals surface area contributed by atoms with Gasteiger partial charge >= 0.3 is 5.97 Å². The first kappa shape index (κ1) is 26.8. The number of likely N-dealkylation sites (tertiary alicyclic amines) is 1. The van der Waals surface area contributed by atoms with Crippen LogP contribution in [-0.4, -0.2) is 60.6 Å². The van der Waals surface area contributed by atoms with Gasteiger partial charge in [-0.05, 0) is 43.1 Å². The third-order valence-electron chi connectivity index (χ3n) is 5.56. The number of hydrogen-bond donors (Lipinski definition) is 2. The summed E-state index contributed by atoms with van der Waals surface area (Å²) in [6, 6.07) is 20.2. The van der Waals surface area contributed by atoms with Crippen molar-refractivity contribution in [1.29, 1.82) is 0 Å². The molecule has 0 bridgehead atoms. The van der Waals surface area contributed by atoms with Crippen molar-refractivity contribution in [3.05, 3.63) is 77.9 Å². The van der Waals surface area contributed by atoms with Gasteiger partial charge in [0.1, 0.15) is 0 Å². The van der Waals surface area contributed by atoms with E-state index in [1.807, 2.05) is 54.6 Å². The Morgan fingerprint density at radius 1 is 1.09 bits per heavy atom. The van der Waals surface area contributed by atoms with E-state index in [1.165, 1.54) is 12.7 Å². The van der Waals surface area contributed by atoms with E-state index in [9.17, 15) is 9.59 Å². The van der Waals surface area contributed by atoms with Crippen LogP contribution in [0.4, 0.5) is 0 Å². The molecule has 0 spiro atoms. The third-order valence-corrected chi connectivity index (χ3v) is 5.56. The van der Waals surface area contributed by atoms with Gasteiger partial charge in [-0.1, -0.05) is 60.7 Å². The van der Waals surface area contributed by atoms with Crippen molar-refractivity contribution < 1.29 is 24.2 Å². The number of carbonyl (C=O) groups excluding carboxylic acids is 2. The van der Waals surface area contributed by atoms with Gasteiger partial charge in [0.2, 0.25) is 5.91 Å². The van der Waals surface area contributed by atoms with E-state index in [-0.39, 0.29) is 23.8 Å². The molecule has 1 aliphatic rings. The van der Waals surface area contributed by atoms with Crippen LogP contribution >= 0.6 is 0 Å². The number of rotatable bonds is 8. The number of carboxylic acids is 1. The highest BCUT2D eigenvalue weighted by atomic mass is 16.5. The summed E-state index contributed by atoms with van der Waals surface area (Å²) in [6.45, 7) is 3.63. The van der Waals surface area contributed by atoms with Crippen LogP contribution in [0.25, 0.3) is 6.08 Å². The van der Waals surface area contributed by atoms with Gasteiger partial charge in [-0.25, -0.2) is 0 Å². The smallest absolute Gasteiger partial charge is 0.305 e. The zero-order valence-corrected chi connectivity index (χ0v) is 19.9. The maximum atomic E-state index is 12.6. The number of methoxy groups -OCH3 is 1. The first-order valence-corrected chi connectivity index (χ1v) is 11.5. The van der Waals surface area contributed by atoms with Crippen molar-refractivity contribution >= 4 is 23.9 Å². The molecular weight excluding hydrogens is 432 g/mol. The van der Waals surface area contributed by atoms with Gasteiger partial charge in [0, 0.05) is 37.9 Å². The van der Waals surface area contributed by atoms with Crippen LogP contribution in [0.3, 0.4) is 0 Å². The molecule has 7 heteroatoms. The Hall–Kier alpha value is -3.45. The Morgan fingerprint density at radius 3 is 2.32 bits per heavy atom. The van der Waals surface area contributed by atoms with E-state index in [1.54, 1.807) is 6.08 Å². The molecule has 182 valence electrons. The van der Waals surface area contributed by atoms with Crippen LogP contribution in [0.1, 0.15) is 43.2 Å². The first-order valence-electron chi connectivity index (χ1n) is 11.5. The number of benzene rings is 2. The van der Waals surface area contributed by atoms with E-state index in [0.29, 0.717) is 6.42 Å². The number of ether oxygens (including phenoxy) is 1. The quantitative estimate of drug-likeness (QED) is 0.455. The second-order valence-electron chi connectivity index (χ2n) is 8.16. The summed E-state index contributed by atoms with van der Waals surface area (Å²) in [4.78, 5) is 35.3. The number of aliphatic carboxylic acids is 1. The average molecular weight is 467 g/mol. The predicted molar refractivity (Wildman–Crippen MR) is 132 cm³/mol. The lowest BCUT2D eigenvalue weighted by molar-refractivity contribution is -0.140. The lowest BCUT2D eigenvalue weighted by Gasteiger charge is -2.39. The van der Waals surface area contributed by atoms with Gasteiger partial charge in [-0.15, -0.1) is 0 Å². The van der Waals surface area contributed by atoms with Crippen molar-refractivity contribution in [3.8, 4) is 0 Å². The summed E-state index contributed by atoms with van der Waals surface area (Å²) in [7, 11) is 1.42. The first-order chi connectivity index (χ1) is 16.4. The second-order valence-corrected chi connectivity index (χ2v) is 8.16. The number of nitrogens with zero attached hydrogens (tertiary/aromatic N) is 1. The minimum atomic E-state index is -0.833. The van der Waals surface area contributed by atoms with Crippen molar-refractivity contribution in [2.75, 3.05) is 26.7 Å². The number of nitrogens with one attached hydrogen (secondary N) is 1. The van der Waals surface area contributed by atoms with Gasteiger partial charge in [-0.3, -0.25) is 14.4 Å². The van der Waals surface area contributed by atoms with E-state index in [4.69, 9.17) is 14.6 Å². The highest BCUT2D eigenvalue weighted by Crippen LogP contribution is 2.28. The molecule has 7 nitrogen and oxygen atoms in total. The zero-order valence-electron chi connectivity index (χ0n) is 19.9. The summed E-state index contributed by atoms with van der Waals surface area (Å²) in [6.07, 6.45) is 5.59. The molecule has 0 aromatic heterocycles. The average Bonchev–Trinajstić information content (AvgIpc) is 2.83. The summed E-state index contributed by atoms with van der Waals surface area (Å²) < 4.78 is 4.73. The van der Waals surface area contributed by atoms with Gasteiger partial charge < -0.3 is 20.1 Å². The standard InChI is InChI=1S/C25H30N2O3.C2H4O2/c1-30-25(29)13-8-17-27-18-16-22(21-11-6-3-7-12-21)23(19-27)26-24(28)15-14-20-9-4-2-5-10-20;1-2(3)4/h2-7,9-12,14-15,22-23H,8,13,16-19H2,1H3,(H,26,28);1H3,(H,3,4)/b15-14+;/t22-,23+;/m0./s1. The molecule has 1 amide bonds. The number of esters is 1. The van der Waals surface area contributed by atoms with Crippen molar-refractivity contribution in [2.24, 2.45) is 0 Å². The highest BCUT2D eigenvalue weighted by Gasteiger charge is 2.31. The van der Waals surface area contributed by atoms with E-state index >= 15 is 0 Å².